The van der Waals surface area contributed by atoms with Gasteiger partial charge < -0.3 is 10.4 Å². The molecule has 1 aliphatic carbocycles. The van der Waals surface area contributed by atoms with Crippen LogP contribution >= 0.6 is 11.6 Å². The Bertz CT molecular complexity index is 353. The largest absolute Gasteiger partial charge is 0.396 e. The van der Waals surface area contributed by atoms with Crippen LogP contribution < -0.4 is 5.32 Å². The van der Waals surface area contributed by atoms with Crippen LogP contribution in [0.15, 0.2) is 12.4 Å². The fraction of sp³-hybridized carbons (Fsp3) is 0.636. The minimum absolute atomic E-state index is 0.000844. The molecule has 16 heavy (non-hydrogen) atoms. The van der Waals surface area contributed by atoms with Crippen LogP contribution in [-0.4, -0.2) is 28.2 Å². The zero-order chi connectivity index (χ0) is 11.4. The number of nitrogens with zero attached hydrogens (tertiary/aromatic N) is 2. The maximum atomic E-state index is 9.45. The van der Waals surface area contributed by atoms with Gasteiger partial charge in [0.1, 0.15) is 0 Å². The predicted molar refractivity (Wildman–Crippen MR) is 63.5 cm³/mol. The van der Waals surface area contributed by atoms with Crippen molar-refractivity contribution in [3.63, 3.8) is 0 Å². The number of aliphatic hydroxyl groups is 1. The Morgan fingerprint density at radius 2 is 2.00 bits per heavy atom. The summed E-state index contributed by atoms with van der Waals surface area (Å²) in [5, 5.41) is 13.0. The van der Waals surface area contributed by atoms with Gasteiger partial charge in [-0.15, -0.1) is 0 Å². The fourth-order valence-electron chi connectivity index (χ4n) is 2.23. The van der Waals surface area contributed by atoms with Gasteiger partial charge in [-0.2, -0.15) is 0 Å². The summed E-state index contributed by atoms with van der Waals surface area (Å²) in [7, 11) is 0. The van der Waals surface area contributed by atoms with Crippen molar-refractivity contribution in [2.75, 3.05) is 18.5 Å². The van der Waals surface area contributed by atoms with Gasteiger partial charge in [-0.3, -0.25) is 0 Å². The molecule has 2 N–H and O–H groups in total. The maximum Gasteiger partial charge on any atom is 0.171 e. The highest BCUT2D eigenvalue weighted by Gasteiger charge is 2.33. The number of rotatable bonds is 4. The normalized spacial score (nSPS) is 18.6. The lowest BCUT2D eigenvalue weighted by molar-refractivity contribution is 0.142. The van der Waals surface area contributed by atoms with E-state index in [9.17, 15) is 5.11 Å². The number of aliphatic hydroxyl groups excluding tert-OH is 1. The minimum Gasteiger partial charge on any atom is -0.396 e. The molecule has 0 unspecified atom stereocenters. The molecule has 0 bridgehead atoms. The first-order valence-electron chi connectivity index (χ1n) is 5.57. The highest BCUT2D eigenvalue weighted by atomic mass is 35.5. The zero-order valence-electron chi connectivity index (χ0n) is 9.12. The number of hydrogen-bond donors (Lipinski definition) is 2. The first kappa shape index (κ1) is 11.6. The molecule has 1 aromatic rings. The van der Waals surface area contributed by atoms with Crippen LogP contribution in [-0.2, 0) is 0 Å². The number of anilines is 1. The molecule has 1 saturated carbocycles. The van der Waals surface area contributed by atoms with Crippen LogP contribution in [0.1, 0.15) is 25.7 Å². The molecule has 4 nitrogen and oxygen atoms in total. The summed E-state index contributed by atoms with van der Waals surface area (Å²) >= 11 is 5.90. The van der Waals surface area contributed by atoms with E-state index in [0.29, 0.717) is 17.5 Å². The van der Waals surface area contributed by atoms with E-state index in [1.54, 1.807) is 12.4 Å². The van der Waals surface area contributed by atoms with Gasteiger partial charge in [0.05, 0.1) is 6.61 Å². The summed E-state index contributed by atoms with van der Waals surface area (Å²) in [4.78, 5) is 8.07. The van der Waals surface area contributed by atoms with Crippen molar-refractivity contribution < 1.29 is 5.11 Å². The number of aromatic nitrogens is 2. The highest BCUT2D eigenvalue weighted by Crippen LogP contribution is 2.37. The average molecular weight is 242 g/mol. The van der Waals surface area contributed by atoms with Gasteiger partial charge in [-0.25, -0.2) is 9.97 Å². The van der Waals surface area contributed by atoms with Crippen LogP contribution in [0.25, 0.3) is 0 Å². The first-order valence-corrected chi connectivity index (χ1v) is 5.95. The van der Waals surface area contributed by atoms with Crippen molar-refractivity contribution in [3.05, 3.63) is 17.5 Å². The minimum atomic E-state index is 0.000844. The van der Waals surface area contributed by atoms with E-state index in [-0.39, 0.29) is 12.0 Å². The third kappa shape index (κ3) is 2.44. The van der Waals surface area contributed by atoms with Crippen molar-refractivity contribution in [1.29, 1.82) is 0 Å². The number of nitrogens with one attached hydrogen (secondary N) is 1. The van der Waals surface area contributed by atoms with E-state index in [1.165, 1.54) is 12.8 Å². The second kappa shape index (κ2) is 4.97. The lowest BCUT2D eigenvalue weighted by atomic mass is 9.87. The van der Waals surface area contributed by atoms with Gasteiger partial charge >= 0.3 is 0 Å². The molecule has 0 aliphatic heterocycles. The molecule has 2 rings (SSSR count). The van der Waals surface area contributed by atoms with Gasteiger partial charge in [0.25, 0.3) is 0 Å². The number of hydrogen-bond acceptors (Lipinski definition) is 4. The Morgan fingerprint density at radius 1 is 1.31 bits per heavy atom. The predicted octanol–water partition coefficient (Wildman–Crippen LogP) is 2.09. The second-order valence-corrected chi connectivity index (χ2v) is 4.77. The maximum absolute atomic E-state index is 9.45. The van der Waals surface area contributed by atoms with Crippen molar-refractivity contribution in [1.82, 2.24) is 9.97 Å². The lowest BCUT2D eigenvalue weighted by Gasteiger charge is -2.26. The molecule has 88 valence electrons. The molecule has 1 aliphatic rings. The van der Waals surface area contributed by atoms with Crippen molar-refractivity contribution in [2.24, 2.45) is 5.41 Å². The Kier molecular flexibility index (Phi) is 3.61. The van der Waals surface area contributed by atoms with E-state index in [0.717, 1.165) is 12.8 Å². The molecule has 0 saturated heterocycles. The van der Waals surface area contributed by atoms with E-state index in [1.807, 2.05) is 0 Å². The summed E-state index contributed by atoms with van der Waals surface area (Å²) in [6, 6.07) is 0. The Hall–Kier alpha value is -0.870. The molecule has 0 radical (unpaired) electrons. The van der Waals surface area contributed by atoms with Gasteiger partial charge in [-0.05, 0) is 12.8 Å². The Morgan fingerprint density at radius 3 is 2.62 bits per heavy atom. The van der Waals surface area contributed by atoms with E-state index < -0.39 is 0 Å². The standard InChI is InChI=1S/C11H16ClN3O/c12-9-10(14-6-5-13-9)15-7-11(8-16)3-1-2-4-11/h5-6,16H,1-4,7-8H2,(H,14,15). The molecule has 5 heteroatoms. The molecular weight excluding hydrogens is 226 g/mol. The van der Waals surface area contributed by atoms with Crippen LogP contribution in [0.2, 0.25) is 5.15 Å². The van der Waals surface area contributed by atoms with Crippen LogP contribution in [0.3, 0.4) is 0 Å². The Labute approximate surface area is 100 Å². The summed E-state index contributed by atoms with van der Waals surface area (Å²) in [6.45, 7) is 0.930. The molecule has 0 spiro atoms. The molecule has 0 atom stereocenters. The first-order chi connectivity index (χ1) is 7.76. The Balaban J connectivity index is 1.98. The van der Waals surface area contributed by atoms with Crippen LogP contribution in [0.4, 0.5) is 5.82 Å². The summed E-state index contributed by atoms with van der Waals surface area (Å²) in [5.74, 6) is 0.601. The fourth-order valence-corrected chi connectivity index (χ4v) is 2.40. The topological polar surface area (TPSA) is 58.0 Å². The summed E-state index contributed by atoms with van der Waals surface area (Å²) in [6.07, 6.45) is 7.68. The van der Waals surface area contributed by atoms with Gasteiger partial charge in [0.15, 0.2) is 11.0 Å². The molecule has 1 heterocycles. The molecule has 0 amide bonds. The molecule has 1 aromatic heterocycles. The van der Waals surface area contributed by atoms with E-state index in [4.69, 9.17) is 11.6 Å². The zero-order valence-corrected chi connectivity index (χ0v) is 9.87. The average Bonchev–Trinajstić information content (AvgIpc) is 2.78. The van der Waals surface area contributed by atoms with Gasteiger partial charge in [0.2, 0.25) is 0 Å². The lowest BCUT2D eigenvalue weighted by Crippen LogP contribution is -2.30. The van der Waals surface area contributed by atoms with Crippen molar-refractivity contribution in [2.45, 2.75) is 25.7 Å². The van der Waals surface area contributed by atoms with E-state index in [2.05, 4.69) is 15.3 Å². The van der Waals surface area contributed by atoms with Crippen LogP contribution in [0, 0.1) is 5.41 Å². The summed E-state index contributed by atoms with van der Waals surface area (Å²) < 4.78 is 0. The monoisotopic (exact) mass is 241 g/mol. The molecule has 0 aromatic carbocycles. The highest BCUT2D eigenvalue weighted by molar-refractivity contribution is 6.31. The molecule has 1 fully saturated rings. The SMILES string of the molecule is OCC1(CNc2nccnc2Cl)CCCC1. The molecular formula is C11H16ClN3O. The number of halogens is 1. The smallest absolute Gasteiger partial charge is 0.171 e. The van der Waals surface area contributed by atoms with Gasteiger partial charge in [-0.1, -0.05) is 24.4 Å². The quantitative estimate of drug-likeness (QED) is 0.848. The van der Waals surface area contributed by atoms with Crippen molar-refractivity contribution in [3.8, 4) is 0 Å². The summed E-state index contributed by atoms with van der Waals surface area (Å²) in [5.41, 5.74) is 0.000844. The third-order valence-corrected chi connectivity index (χ3v) is 3.56. The van der Waals surface area contributed by atoms with Gasteiger partial charge in [0, 0.05) is 24.4 Å². The third-order valence-electron chi connectivity index (χ3n) is 3.28. The van der Waals surface area contributed by atoms with Crippen LogP contribution in [0.5, 0.6) is 0 Å². The second-order valence-electron chi connectivity index (χ2n) is 4.41. The van der Waals surface area contributed by atoms with E-state index >= 15 is 0 Å². The van der Waals surface area contributed by atoms with Crippen molar-refractivity contribution >= 4 is 17.4 Å².